The van der Waals surface area contributed by atoms with E-state index in [0.717, 1.165) is 0 Å². The molecule has 1 aliphatic rings. The zero-order chi connectivity index (χ0) is 14.9. The lowest BCUT2D eigenvalue weighted by Crippen LogP contribution is -2.43. The van der Waals surface area contributed by atoms with Crippen molar-refractivity contribution >= 4 is 27.7 Å². The van der Waals surface area contributed by atoms with Crippen molar-refractivity contribution in [3.05, 3.63) is 34.1 Å². The number of carbonyl (C=O) groups is 2. The maximum atomic E-state index is 13.2. The van der Waals surface area contributed by atoms with Crippen molar-refractivity contribution in [3.8, 4) is 0 Å². The van der Waals surface area contributed by atoms with Crippen LogP contribution in [0.3, 0.4) is 0 Å². The van der Waals surface area contributed by atoms with E-state index in [1.54, 1.807) is 0 Å². The third-order valence-electron chi connectivity index (χ3n) is 3.35. The molecule has 108 valence electrons. The van der Waals surface area contributed by atoms with Gasteiger partial charge in [0.25, 0.3) is 5.91 Å². The van der Waals surface area contributed by atoms with E-state index in [9.17, 15) is 14.0 Å². The quantitative estimate of drug-likeness (QED) is 0.898. The Bertz CT molecular complexity index is 552. The highest BCUT2D eigenvalue weighted by molar-refractivity contribution is 9.10. The van der Waals surface area contributed by atoms with E-state index in [1.165, 1.54) is 30.2 Å². The third kappa shape index (κ3) is 2.83. The summed E-state index contributed by atoms with van der Waals surface area (Å²) in [5.41, 5.74) is 5.61. The van der Waals surface area contributed by atoms with Gasteiger partial charge in [-0.05, 0) is 34.1 Å². The molecule has 0 bridgehead atoms. The van der Waals surface area contributed by atoms with Crippen LogP contribution in [0.15, 0.2) is 22.7 Å². The molecule has 20 heavy (non-hydrogen) atoms. The van der Waals surface area contributed by atoms with Gasteiger partial charge in [0, 0.05) is 25.6 Å². The van der Waals surface area contributed by atoms with Crippen LogP contribution in [-0.4, -0.2) is 42.5 Å². The standard InChI is InChI=1S/C13H14BrFN2O3/c1-20-8-5-11(12(16)18)17(6-8)13(19)7-2-3-10(15)9(14)4-7/h2-4,8,11H,5-6H2,1H3,(H2,16,18)/t8-,11-/m0/s1. The van der Waals surface area contributed by atoms with Gasteiger partial charge in [-0.15, -0.1) is 0 Å². The van der Waals surface area contributed by atoms with Gasteiger partial charge in [0.1, 0.15) is 11.9 Å². The fourth-order valence-corrected chi connectivity index (χ4v) is 2.64. The topological polar surface area (TPSA) is 72.6 Å². The van der Waals surface area contributed by atoms with Gasteiger partial charge in [0.05, 0.1) is 10.6 Å². The first-order valence-corrected chi connectivity index (χ1v) is 6.81. The smallest absolute Gasteiger partial charge is 0.254 e. The molecule has 1 heterocycles. The highest BCUT2D eigenvalue weighted by Crippen LogP contribution is 2.24. The van der Waals surface area contributed by atoms with E-state index in [2.05, 4.69) is 15.9 Å². The minimum absolute atomic E-state index is 0.196. The van der Waals surface area contributed by atoms with E-state index in [1.807, 2.05) is 0 Å². The average molecular weight is 345 g/mol. The fraction of sp³-hybridized carbons (Fsp3) is 0.385. The summed E-state index contributed by atoms with van der Waals surface area (Å²) in [6.45, 7) is 0.290. The second-order valence-electron chi connectivity index (χ2n) is 4.60. The van der Waals surface area contributed by atoms with Crippen LogP contribution < -0.4 is 5.73 Å². The summed E-state index contributed by atoms with van der Waals surface area (Å²) in [6.07, 6.45) is 0.153. The highest BCUT2D eigenvalue weighted by atomic mass is 79.9. The summed E-state index contributed by atoms with van der Waals surface area (Å²) in [5, 5.41) is 0. The maximum absolute atomic E-state index is 13.2. The molecule has 1 aromatic rings. The molecule has 2 N–H and O–H groups in total. The molecule has 1 aliphatic heterocycles. The van der Waals surface area contributed by atoms with Crippen LogP contribution in [0.4, 0.5) is 4.39 Å². The van der Waals surface area contributed by atoms with E-state index in [-0.39, 0.29) is 23.0 Å². The van der Waals surface area contributed by atoms with Crippen LogP contribution in [-0.2, 0) is 9.53 Å². The van der Waals surface area contributed by atoms with Gasteiger partial charge < -0.3 is 15.4 Å². The minimum Gasteiger partial charge on any atom is -0.380 e. The molecule has 1 saturated heterocycles. The number of nitrogens with zero attached hydrogens (tertiary/aromatic N) is 1. The lowest BCUT2D eigenvalue weighted by atomic mass is 10.1. The van der Waals surface area contributed by atoms with Gasteiger partial charge in [-0.1, -0.05) is 0 Å². The number of primary amides is 1. The normalized spacial score (nSPS) is 22.1. The number of methoxy groups -OCH3 is 1. The monoisotopic (exact) mass is 344 g/mol. The molecule has 7 heteroatoms. The fourth-order valence-electron chi connectivity index (χ4n) is 2.26. The molecule has 0 spiro atoms. The highest BCUT2D eigenvalue weighted by Gasteiger charge is 2.39. The zero-order valence-electron chi connectivity index (χ0n) is 10.8. The molecule has 0 aromatic heterocycles. The largest absolute Gasteiger partial charge is 0.380 e. The Morgan fingerprint density at radius 2 is 2.20 bits per heavy atom. The Morgan fingerprint density at radius 3 is 2.75 bits per heavy atom. The van der Waals surface area contributed by atoms with Crippen LogP contribution in [0.2, 0.25) is 0 Å². The third-order valence-corrected chi connectivity index (χ3v) is 3.96. The van der Waals surface area contributed by atoms with Crippen molar-refractivity contribution < 1.29 is 18.7 Å². The molecular weight excluding hydrogens is 331 g/mol. The van der Waals surface area contributed by atoms with Crippen molar-refractivity contribution in [2.75, 3.05) is 13.7 Å². The summed E-state index contributed by atoms with van der Waals surface area (Å²) in [5.74, 6) is -1.39. The number of amides is 2. The Hall–Kier alpha value is -1.47. The molecule has 2 rings (SSSR count). The van der Waals surface area contributed by atoms with Crippen LogP contribution >= 0.6 is 15.9 Å². The molecule has 2 amide bonds. The number of nitrogens with two attached hydrogens (primary N) is 1. The first-order chi connectivity index (χ1) is 9.43. The Kier molecular flexibility index (Phi) is 4.39. The number of hydrogen-bond donors (Lipinski definition) is 1. The summed E-state index contributed by atoms with van der Waals surface area (Å²) in [6, 6.07) is 3.26. The number of benzene rings is 1. The van der Waals surface area contributed by atoms with Crippen molar-refractivity contribution in [1.82, 2.24) is 4.90 Å². The molecule has 2 atom stereocenters. The second-order valence-corrected chi connectivity index (χ2v) is 5.45. The van der Waals surface area contributed by atoms with E-state index in [0.29, 0.717) is 12.0 Å². The van der Waals surface area contributed by atoms with Crippen molar-refractivity contribution in [1.29, 1.82) is 0 Å². The van der Waals surface area contributed by atoms with Gasteiger partial charge in [0.15, 0.2) is 0 Å². The van der Waals surface area contributed by atoms with Gasteiger partial charge >= 0.3 is 0 Å². The first-order valence-electron chi connectivity index (χ1n) is 6.02. The van der Waals surface area contributed by atoms with E-state index >= 15 is 0 Å². The summed E-state index contributed by atoms with van der Waals surface area (Å²) in [4.78, 5) is 25.2. The van der Waals surface area contributed by atoms with E-state index in [4.69, 9.17) is 10.5 Å². The van der Waals surface area contributed by atoms with Crippen molar-refractivity contribution in [2.45, 2.75) is 18.6 Å². The van der Waals surface area contributed by atoms with Gasteiger partial charge in [0.2, 0.25) is 5.91 Å². The number of hydrogen-bond acceptors (Lipinski definition) is 3. The number of carbonyl (C=O) groups excluding carboxylic acids is 2. The van der Waals surface area contributed by atoms with E-state index < -0.39 is 17.8 Å². The number of ether oxygens (including phenoxy) is 1. The van der Waals surface area contributed by atoms with Gasteiger partial charge in [-0.3, -0.25) is 9.59 Å². The van der Waals surface area contributed by atoms with Crippen molar-refractivity contribution in [3.63, 3.8) is 0 Å². The Balaban J connectivity index is 2.26. The second kappa shape index (κ2) is 5.88. The summed E-state index contributed by atoms with van der Waals surface area (Å²) in [7, 11) is 1.52. The molecule has 0 unspecified atom stereocenters. The molecule has 0 radical (unpaired) electrons. The lowest BCUT2D eigenvalue weighted by Gasteiger charge is -2.22. The zero-order valence-corrected chi connectivity index (χ0v) is 12.4. The Morgan fingerprint density at radius 1 is 1.50 bits per heavy atom. The number of halogens is 2. The van der Waals surface area contributed by atoms with Crippen LogP contribution in [0.1, 0.15) is 16.8 Å². The number of rotatable bonds is 3. The lowest BCUT2D eigenvalue weighted by molar-refractivity contribution is -0.121. The predicted molar refractivity (Wildman–Crippen MR) is 73.5 cm³/mol. The molecule has 1 fully saturated rings. The average Bonchev–Trinajstić information content (AvgIpc) is 2.85. The SMILES string of the molecule is CO[C@H]1C[C@@H](C(N)=O)N(C(=O)c2ccc(F)c(Br)c2)C1. The van der Waals surface area contributed by atoms with Crippen molar-refractivity contribution in [2.24, 2.45) is 5.73 Å². The first kappa shape index (κ1) is 14.9. The van der Waals surface area contributed by atoms with Crippen LogP contribution in [0.5, 0.6) is 0 Å². The maximum Gasteiger partial charge on any atom is 0.254 e. The Labute approximate surface area is 124 Å². The molecular formula is C13H14BrFN2O3. The minimum atomic E-state index is -0.698. The van der Waals surface area contributed by atoms with Gasteiger partial charge in [-0.25, -0.2) is 4.39 Å². The number of likely N-dealkylation sites (tertiary alicyclic amines) is 1. The molecule has 1 aromatic carbocycles. The molecule has 0 saturated carbocycles. The van der Waals surface area contributed by atoms with Crippen LogP contribution in [0, 0.1) is 5.82 Å². The molecule has 5 nitrogen and oxygen atoms in total. The summed E-state index contributed by atoms with van der Waals surface area (Å²) < 4.78 is 18.6. The van der Waals surface area contributed by atoms with Crippen LogP contribution in [0.25, 0.3) is 0 Å². The molecule has 0 aliphatic carbocycles. The predicted octanol–water partition coefficient (Wildman–Crippen LogP) is 1.30. The summed E-state index contributed by atoms with van der Waals surface area (Å²) >= 11 is 3.03. The van der Waals surface area contributed by atoms with Gasteiger partial charge in [-0.2, -0.15) is 0 Å².